The molecule has 158 valence electrons. The van der Waals surface area contributed by atoms with Gasteiger partial charge in [0, 0.05) is 11.6 Å². The van der Waals surface area contributed by atoms with Crippen LogP contribution >= 0.6 is 11.8 Å². The first kappa shape index (κ1) is 21.7. The average Bonchev–Trinajstić information content (AvgIpc) is 3.04. The number of nitrogen functional groups attached to an aromatic ring is 1. The van der Waals surface area contributed by atoms with Crippen LogP contribution in [-0.4, -0.2) is 32.6 Å². The van der Waals surface area contributed by atoms with Crippen LogP contribution in [0.5, 0.6) is 0 Å². The number of rotatable bonds is 5. The fraction of sp³-hybridized carbons (Fsp3) is 0.591. The maximum atomic E-state index is 12.4. The van der Waals surface area contributed by atoms with Gasteiger partial charge >= 0.3 is 0 Å². The summed E-state index contributed by atoms with van der Waals surface area (Å²) < 4.78 is 1.47. The predicted molar refractivity (Wildman–Crippen MR) is 119 cm³/mol. The minimum absolute atomic E-state index is 0.0278. The molecular formula is C22H33N5OS. The Bertz CT molecular complexity index is 840. The molecule has 1 heterocycles. The molecule has 1 fully saturated rings. The van der Waals surface area contributed by atoms with E-state index in [4.69, 9.17) is 5.84 Å². The molecule has 0 aliphatic heterocycles. The number of hydrogen-bond acceptors (Lipinski definition) is 5. The minimum atomic E-state index is 0.0278. The Kier molecular flexibility index (Phi) is 6.56. The quantitative estimate of drug-likeness (QED) is 0.570. The summed E-state index contributed by atoms with van der Waals surface area (Å²) in [7, 11) is 0. The Morgan fingerprint density at radius 3 is 2.55 bits per heavy atom. The topological polar surface area (TPSA) is 85.8 Å². The number of nitrogens with two attached hydrogens (primary N) is 1. The summed E-state index contributed by atoms with van der Waals surface area (Å²) in [5.74, 6) is 8.29. The second kappa shape index (κ2) is 8.78. The van der Waals surface area contributed by atoms with Crippen molar-refractivity contribution in [3.8, 4) is 11.4 Å². The number of aromatic nitrogens is 3. The van der Waals surface area contributed by atoms with Crippen molar-refractivity contribution in [1.29, 1.82) is 0 Å². The monoisotopic (exact) mass is 415 g/mol. The number of hydrogen-bond donors (Lipinski definition) is 2. The highest BCUT2D eigenvalue weighted by Gasteiger charge is 2.28. The molecule has 1 aromatic heterocycles. The van der Waals surface area contributed by atoms with Crippen molar-refractivity contribution < 1.29 is 4.79 Å². The Morgan fingerprint density at radius 2 is 1.90 bits per heavy atom. The summed E-state index contributed by atoms with van der Waals surface area (Å²) in [5.41, 5.74) is 2.26. The van der Waals surface area contributed by atoms with Crippen molar-refractivity contribution in [1.82, 2.24) is 20.2 Å². The molecule has 0 saturated heterocycles. The third kappa shape index (κ3) is 5.13. The maximum Gasteiger partial charge on any atom is 0.230 e. The molecule has 0 bridgehead atoms. The van der Waals surface area contributed by atoms with Gasteiger partial charge in [-0.1, -0.05) is 83.5 Å². The lowest BCUT2D eigenvalue weighted by Gasteiger charge is -2.34. The molecular weight excluding hydrogens is 382 g/mol. The lowest BCUT2D eigenvalue weighted by molar-refractivity contribution is -0.120. The number of amides is 1. The van der Waals surface area contributed by atoms with E-state index in [1.165, 1.54) is 34.8 Å². The van der Waals surface area contributed by atoms with Gasteiger partial charge in [0.15, 0.2) is 5.82 Å². The zero-order valence-corrected chi connectivity index (χ0v) is 18.9. The minimum Gasteiger partial charge on any atom is -0.352 e. The van der Waals surface area contributed by atoms with Crippen LogP contribution in [0.25, 0.3) is 11.4 Å². The van der Waals surface area contributed by atoms with Crippen LogP contribution in [0, 0.1) is 11.8 Å². The Hall–Kier alpha value is -2.02. The molecule has 3 rings (SSSR count). The molecule has 29 heavy (non-hydrogen) atoms. The smallest absolute Gasteiger partial charge is 0.230 e. The largest absolute Gasteiger partial charge is 0.352 e. The first-order chi connectivity index (χ1) is 13.7. The lowest BCUT2D eigenvalue weighted by Crippen LogP contribution is -2.44. The number of carbonyl (C=O) groups excluding carboxylic acids is 1. The van der Waals surface area contributed by atoms with E-state index in [0.29, 0.717) is 22.8 Å². The van der Waals surface area contributed by atoms with Gasteiger partial charge in [-0.15, -0.1) is 10.2 Å². The first-order valence-electron chi connectivity index (χ1n) is 10.4. The summed E-state index contributed by atoms with van der Waals surface area (Å²) in [4.78, 5) is 12.4. The Balaban J connectivity index is 1.60. The Labute approximate surface area is 178 Å². The van der Waals surface area contributed by atoms with E-state index in [0.717, 1.165) is 12.0 Å². The lowest BCUT2D eigenvalue weighted by atomic mass is 9.78. The summed E-state index contributed by atoms with van der Waals surface area (Å²) in [6, 6.07) is 8.48. The maximum absolute atomic E-state index is 12.4. The van der Waals surface area contributed by atoms with E-state index in [1.807, 2.05) is 12.1 Å². The van der Waals surface area contributed by atoms with Crippen LogP contribution in [0.3, 0.4) is 0 Å². The molecule has 1 amide bonds. The SMILES string of the molecule is CC1CCCC(NC(=O)CSc2nnc(-c3ccc(C(C)(C)C)cc3)n2N)C1C. The van der Waals surface area contributed by atoms with Crippen molar-refractivity contribution in [3.05, 3.63) is 29.8 Å². The standard InChI is InChI=1S/C22H33N5OS/c1-14-7-6-8-18(15(14)2)24-19(28)13-29-21-26-25-20(27(21)23)16-9-11-17(12-10-16)22(3,4)5/h9-12,14-15,18H,6-8,13,23H2,1-5H3,(H,24,28). The van der Waals surface area contributed by atoms with E-state index in [1.54, 1.807) is 0 Å². The predicted octanol–water partition coefficient (Wildman–Crippen LogP) is 3.99. The van der Waals surface area contributed by atoms with Crippen LogP contribution in [0.1, 0.15) is 59.4 Å². The normalized spacial score (nSPS) is 22.4. The van der Waals surface area contributed by atoms with Gasteiger partial charge in [0.1, 0.15) is 0 Å². The number of carbonyl (C=O) groups is 1. The molecule has 0 spiro atoms. The second-order valence-electron chi connectivity index (χ2n) is 9.23. The zero-order chi connectivity index (χ0) is 21.2. The average molecular weight is 416 g/mol. The number of thioether (sulfide) groups is 1. The molecule has 1 saturated carbocycles. The fourth-order valence-electron chi connectivity index (χ4n) is 3.86. The van der Waals surface area contributed by atoms with Gasteiger partial charge in [0.25, 0.3) is 0 Å². The fourth-order valence-corrected chi connectivity index (χ4v) is 4.52. The van der Waals surface area contributed by atoms with E-state index in [-0.39, 0.29) is 23.1 Å². The molecule has 3 unspecified atom stereocenters. The van der Waals surface area contributed by atoms with E-state index in [9.17, 15) is 4.79 Å². The highest BCUT2D eigenvalue weighted by Crippen LogP contribution is 2.30. The van der Waals surface area contributed by atoms with Crippen LogP contribution in [-0.2, 0) is 10.2 Å². The van der Waals surface area contributed by atoms with Crippen molar-refractivity contribution in [3.63, 3.8) is 0 Å². The molecule has 7 heteroatoms. The highest BCUT2D eigenvalue weighted by atomic mass is 32.2. The summed E-state index contributed by atoms with van der Waals surface area (Å²) in [5, 5.41) is 12.1. The molecule has 1 aliphatic rings. The number of benzene rings is 1. The van der Waals surface area contributed by atoms with Gasteiger partial charge in [-0.2, -0.15) is 0 Å². The Morgan fingerprint density at radius 1 is 1.21 bits per heavy atom. The molecule has 1 aromatic carbocycles. The van der Waals surface area contributed by atoms with E-state index in [2.05, 4.69) is 62.3 Å². The van der Waals surface area contributed by atoms with E-state index < -0.39 is 0 Å². The highest BCUT2D eigenvalue weighted by molar-refractivity contribution is 7.99. The number of nitrogens with one attached hydrogen (secondary N) is 1. The van der Waals surface area contributed by atoms with Crippen LogP contribution in [0.4, 0.5) is 0 Å². The summed E-state index contributed by atoms with van der Waals surface area (Å²) in [6.45, 7) is 11.0. The van der Waals surface area contributed by atoms with Crippen LogP contribution in [0.15, 0.2) is 29.4 Å². The van der Waals surface area contributed by atoms with Gasteiger partial charge in [-0.05, 0) is 29.2 Å². The summed E-state index contributed by atoms with van der Waals surface area (Å²) in [6.07, 6.45) is 3.49. The van der Waals surface area contributed by atoms with Gasteiger partial charge in [-0.3, -0.25) is 4.79 Å². The van der Waals surface area contributed by atoms with Gasteiger partial charge in [0.05, 0.1) is 5.75 Å². The molecule has 0 radical (unpaired) electrons. The molecule has 1 aliphatic carbocycles. The van der Waals surface area contributed by atoms with Crippen molar-refractivity contribution in [2.45, 2.75) is 70.5 Å². The van der Waals surface area contributed by atoms with Crippen molar-refractivity contribution >= 4 is 17.7 Å². The molecule has 6 nitrogen and oxygen atoms in total. The van der Waals surface area contributed by atoms with Crippen LogP contribution < -0.4 is 11.2 Å². The van der Waals surface area contributed by atoms with E-state index >= 15 is 0 Å². The van der Waals surface area contributed by atoms with Gasteiger partial charge < -0.3 is 11.2 Å². The molecule has 3 N–H and O–H groups in total. The van der Waals surface area contributed by atoms with Crippen molar-refractivity contribution in [2.24, 2.45) is 11.8 Å². The zero-order valence-electron chi connectivity index (χ0n) is 18.1. The van der Waals surface area contributed by atoms with Gasteiger partial charge in [0.2, 0.25) is 11.1 Å². The third-order valence-electron chi connectivity index (χ3n) is 6.06. The third-order valence-corrected chi connectivity index (χ3v) is 7.00. The first-order valence-corrected chi connectivity index (χ1v) is 11.4. The van der Waals surface area contributed by atoms with Crippen molar-refractivity contribution in [2.75, 3.05) is 11.6 Å². The second-order valence-corrected chi connectivity index (χ2v) is 10.2. The van der Waals surface area contributed by atoms with Crippen LogP contribution in [0.2, 0.25) is 0 Å². The summed E-state index contributed by atoms with van der Waals surface area (Å²) >= 11 is 1.32. The molecule has 2 aromatic rings. The van der Waals surface area contributed by atoms with Gasteiger partial charge in [-0.25, -0.2) is 4.68 Å². The number of nitrogens with zero attached hydrogens (tertiary/aromatic N) is 3. The molecule has 3 atom stereocenters.